The minimum atomic E-state index is -2.68. The number of nitrogens with one attached hydrogen (secondary N) is 3. The summed E-state index contributed by atoms with van der Waals surface area (Å²) in [6.07, 6.45) is -2.64. The first-order chi connectivity index (χ1) is 38.1. The highest BCUT2D eigenvalue weighted by Crippen LogP contribution is 2.42. The molecule has 0 aromatic heterocycles. The van der Waals surface area contributed by atoms with E-state index in [9.17, 15) is 38.7 Å². The third-order valence-corrected chi connectivity index (χ3v) is 20.7. The normalized spacial score (nSPS) is 26.3. The van der Waals surface area contributed by atoms with Crippen LogP contribution >= 0.6 is 0 Å². The summed E-state index contributed by atoms with van der Waals surface area (Å²) in [6, 6.07) is -1.72. The van der Waals surface area contributed by atoms with E-state index in [1.54, 1.807) is 56.9 Å². The third-order valence-electron chi connectivity index (χ3n) is 17.2. The van der Waals surface area contributed by atoms with Crippen LogP contribution in [0.15, 0.2) is 24.3 Å². The Morgan fingerprint density at radius 1 is 0.890 bits per heavy atom. The number of amides is 7. The van der Waals surface area contributed by atoms with Crippen LogP contribution in [0.4, 0.5) is 0 Å². The highest BCUT2D eigenvalue weighted by Gasteiger charge is 2.47. The number of hydrogen-bond donors (Lipinski definition) is 5. The minimum absolute atomic E-state index is 0.0949. The van der Waals surface area contributed by atoms with E-state index in [2.05, 4.69) is 16.0 Å². The first kappa shape index (κ1) is 68.9. The van der Waals surface area contributed by atoms with Gasteiger partial charge in [-0.2, -0.15) is 0 Å². The molecule has 7 amide bonds. The zero-order chi connectivity index (χ0) is 61.9. The highest BCUT2D eigenvalue weighted by molar-refractivity contribution is 6.72. The number of methoxy groups -OCH3 is 1. The lowest BCUT2D eigenvalue weighted by Gasteiger charge is -2.38. The van der Waals surface area contributed by atoms with Gasteiger partial charge in [0.25, 0.3) is 5.91 Å². The number of esters is 2. The molecule has 0 spiro atoms. The number of nitrogens with zero attached hydrogens (tertiary/aromatic N) is 4. The van der Waals surface area contributed by atoms with Crippen molar-refractivity contribution in [2.45, 2.75) is 226 Å². The summed E-state index contributed by atoms with van der Waals surface area (Å²) < 4.78 is 17.4. The zero-order valence-corrected chi connectivity index (χ0v) is 53.0. The topological polar surface area (TPSA) is 271 Å². The molecule has 3 aliphatic rings. The number of carbonyl (C=O) groups excluding carboxylic acids is 9. The fourth-order valence-corrected chi connectivity index (χ4v) is 12.0. The maximum absolute atomic E-state index is 15.1. The van der Waals surface area contributed by atoms with Crippen LogP contribution in [-0.2, 0) is 59.0 Å². The first-order valence-corrected chi connectivity index (χ1v) is 32.6. The quantitative estimate of drug-likeness (QED) is 0.0983. The first-order valence-electron chi connectivity index (χ1n) is 29.6. The molecule has 1 aromatic rings. The summed E-state index contributed by atoms with van der Waals surface area (Å²) in [5.74, 6) is -7.58. The van der Waals surface area contributed by atoms with Gasteiger partial charge in [0.1, 0.15) is 48.1 Å². The van der Waals surface area contributed by atoms with Gasteiger partial charge in [0, 0.05) is 39.5 Å². The molecule has 0 bridgehead atoms. The van der Waals surface area contributed by atoms with Gasteiger partial charge in [-0.25, -0.2) is 4.79 Å². The zero-order valence-electron chi connectivity index (χ0n) is 52.0. The van der Waals surface area contributed by atoms with E-state index in [0.717, 1.165) is 0 Å². The number of ether oxygens (including phenoxy) is 3. The van der Waals surface area contributed by atoms with Gasteiger partial charge in [-0.15, -0.1) is 0 Å². The number of aliphatic hydroxyl groups excluding tert-OH is 1. The molecule has 5 N–H and O–H groups in total. The number of carbonyl (C=O) groups is 9. The molecule has 0 aliphatic carbocycles. The Bertz CT molecular complexity index is 2400. The Morgan fingerprint density at radius 3 is 2.07 bits per heavy atom. The lowest BCUT2D eigenvalue weighted by Crippen LogP contribution is -2.62. The predicted octanol–water partition coefficient (Wildman–Crippen LogP) is 4.73. The van der Waals surface area contributed by atoms with Crippen molar-refractivity contribution in [2.24, 2.45) is 29.6 Å². The van der Waals surface area contributed by atoms with Gasteiger partial charge in [-0.3, -0.25) is 38.4 Å². The van der Waals surface area contributed by atoms with Gasteiger partial charge in [-0.05, 0) is 111 Å². The van der Waals surface area contributed by atoms with Crippen molar-refractivity contribution in [3.05, 3.63) is 29.8 Å². The smallest absolute Gasteiger partial charge is 0.329 e. The number of fused-ring (bicyclic) bond motifs is 1. The van der Waals surface area contributed by atoms with E-state index in [4.69, 9.17) is 14.2 Å². The van der Waals surface area contributed by atoms with E-state index in [1.165, 1.54) is 42.8 Å². The van der Waals surface area contributed by atoms with E-state index in [-0.39, 0.29) is 50.0 Å². The molecule has 3 aliphatic heterocycles. The SMILES string of the molecule is CC[C@H](C)[C@H]1NC(=O)[C@@H](NC(=O)[C@@H](CC(C)C)N(C)C(=O)C2CCCN2C(=O)[C@@H](C)CC(C)(C)[Si](C)(C)O)[C@@H](C)OC(=O)[C@H](Cc2ccc(OC)cc2)N(C)C(=O)[C@@H]2CCCN2C(=O)[C@H](CC(C)C)NC(=O)[C@H](C(C)C)OC(=O)C[C@@H]1O. The second kappa shape index (κ2) is 29.8. The van der Waals surface area contributed by atoms with E-state index < -0.39 is 146 Å². The average Bonchev–Trinajstić information content (AvgIpc) is 4.29. The third kappa shape index (κ3) is 17.7. The Morgan fingerprint density at radius 2 is 1.51 bits per heavy atom. The van der Waals surface area contributed by atoms with Crippen molar-refractivity contribution < 1.29 is 67.3 Å². The van der Waals surface area contributed by atoms with Crippen molar-refractivity contribution in [3.8, 4) is 5.75 Å². The largest absolute Gasteiger partial charge is 0.497 e. The molecule has 462 valence electrons. The summed E-state index contributed by atoms with van der Waals surface area (Å²) in [4.78, 5) is 148. The molecule has 0 radical (unpaired) electrons. The molecule has 22 heteroatoms. The van der Waals surface area contributed by atoms with Crippen LogP contribution in [0.1, 0.15) is 146 Å². The van der Waals surface area contributed by atoms with E-state index in [0.29, 0.717) is 50.0 Å². The van der Waals surface area contributed by atoms with Gasteiger partial charge in [0.2, 0.25) is 35.4 Å². The van der Waals surface area contributed by atoms with Gasteiger partial charge in [-0.1, -0.05) is 94.7 Å². The summed E-state index contributed by atoms with van der Waals surface area (Å²) >= 11 is 0. The number of aliphatic hydroxyl groups is 1. The van der Waals surface area contributed by atoms with Gasteiger partial charge in [0.05, 0.1) is 25.7 Å². The Hall–Kier alpha value is -5.61. The van der Waals surface area contributed by atoms with Crippen LogP contribution in [0.2, 0.25) is 18.1 Å². The second-order valence-electron chi connectivity index (χ2n) is 25.7. The number of benzene rings is 1. The molecule has 1 aromatic carbocycles. The highest BCUT2D eigenvalue weighted by atomic mass is 28.4. The fourth-order valence-electron chi connectivity index (χ4n) is 11.2. The van der Waals surface area contributed by atoms with Gasteiger partial charge >= 0.3 is 11.9 Å². The van der Waals surface area contributed by atoms with Crippen LogP contribution in [0.25, 0.3) is 0 Å². The van der Waals surface area contributed by atoms with E-state index in [1.807, 2.05) is 61.6 Å². The summed E-state index contributed by atoms with van der Waals surface area (Å²) in [6.45, 7) is 25.6. The minimum Gasteiger partial charge on any atom is -0.497 e. The number of likely N-dealkylation sites (tertiary alicyclic amines) is 1. The predicted molar refractivity (Wildman–Crippen MR) is 312 cm³/mol. The summed E-state index contributed by atoms with van der Waals surface area (Å²) in [5.41, 5.74) is 0.602. The molecule has 3 saturated heterocycles. The molecule has 82 heavy (non-hydrogen) atoms. The Balaban J connectivity index is 1.84. The Kier molecular flexibility index (Phi) is 25.0. The average molecular weight is 1170 g/mol. The van der Waals surface area contributed by atoms with E-state index >= 15 is 14.4 Å². The number of likely N-dealkylation sites (N-methyl/N-ethyl adjacent to an activating group) is 2. The number of rotatable bonds is 18. The molecular weight excluding hydrogens is 1070 g/mol. The molecule has 12 atom stereocenters. The maximum atomic E-state index is 15.1. The summed E-state index contributed by atoms with van der Waals surface area (Å²) in [7, 11) is 1.73. The molecule has 1 unspecified atom stereocenters. The Labute approximate surface area is 488 Å². The number of cyclic esters (lactones) is 2. The standard InChI is InChI=1S/C60H99N7O14Si/c1-18-37(8)49-47(68)32-48(69)81-51(36(6)7)54(72)61-42(29-34(2)3)56(74)67-28-20-22-44(67)58(76)65(14)46(31-40-23-25-41(79-15)26-24-40)59(77)80-39(10)50(53(71)62-49)63-52(70)45(30-35(4)5)64(13)57(75)43-21-19-27-66(43)55(73)38(9)33-60(11,12)82(16,17)78/h23-26,34-39,42-47,49-51,68,78H,18-22,27-33H2,1-17H3,(H,61,72)(H,62,71)(H,63,70)/t37-,38-,39+,42-,43?,44-,45+,46-,47-,49+,50-,51-/m0/s1. The van der Waals surface area contributed by atoms with Gasteiger partial charge in [0.15, 0.2) is 14.4 Å². The van der Waals surface area contributed by atoms with Crippen molar-refractivity contribution in [2.75, 3.05) is 34.3 Å². The van der Waals surface area contributed by atoms with Gasteiger partial charge < -0.3 is 59.7 Å². The molecule has 21 nitrogen and oxygen atoms in total. The lowest BCUT2D eigenvalue weighted by atomic mass is 9.92. The molecule has 4 rings (SSSR count). The lowest BCUT2D eigenvalue weighted by molar-refractivity contribution is -0.162. The van der Waals surface area contributed by atoms with Crippen molar-refractivity contribution in [1.29, 1.82) is 0 Å². The van der Waals surface area contributed by atoms with Crippen LogP contribution < -0.4 is 20.7 Å². The molecule has 3 fully saturated rings. The fraction of sp³-hybridized carbons (Fsp3) is 0.750. The number of hydrogen-bond acceptors (Lipinski definition) is 14. The molecule has 0 saturated carbocycles. The summed E-state index contributed by atoms with van der Waals surface area (Å²) in [5, 5.41) is 19.8. The van der Waals surface area contributed by atoms with Crippen LogP contribution in [0.3, 0.4) is 0 Å². The van der Waals surface area contributed by atoms with Crippen LogP contribution in [0.5, 0.6) is 5.75 Å². The van der Waals surface area contributed by atoms with Crippen molar-refractivity contribution in [1.82, 2.24) is 35.6 Å². The van der Waals surface area contributed by atoms with Crippen molar-refractivity contribution >= 4 is 61.6 Å². The monoisotopic (exact) mass is 1170 g/mol. The molecule has 3 heterocycles. The van der Waals surface area contributed by atoms with Crippen LogP contribution in [-0.4, -0.2) is 186 Å². The maximum Gasteiger partial charge on any atom is 0.329 e. The van der Waals surface area contributed by atoms with Crippen LogP contribution in [0, 0.1) is 29.6 Å². The second-order valence-corrected chi connectivity index (χ2v) is 30.2. The van der Waals surface area contributed by atoms with Crippen molar-refractivity contribution in [3.63, 3.8) is 0 Å². The molecular formula is C60H99N7O14Si.